The second-order valence-corrected chi connectivity index (χ2v) is 7.75. The fraction of sp³-hybridized carbons (Fsp3) is 0.455. The third-order valence-corrected chi connectivity index (χ3v) is 5.50. The Morgan fingerprint density at radius 2 is 1.62 bits per heavy atom. The zero-order chi connectivity index (χ0) is 16.7. The first-order chi connectivity index (χ1) is 11.7. The van der Waals surface area contributed by atoms with Crippen LogP contribution in [0.15, 0.2) is 42.5 Å². The molecule has 2 nitrogen and oxygen atoms in total. The van der Waals surface area contributed by atoms with Crippen LogP contribution >= 0.6 is 0 Å². The molecular formula is C22H28N2. The number of hydrogen-bond acceptors (Lipinski definition) is 1. The third-order valence-electron chi connectivity index (χ3n) is 5.50. The van der Waals surface area contributed by atoms with Crippen LogP contribution in [0.5, 0.6) is 0 Å². The Labute approximate surface area is 145 Å². The predicted octanol–water partition coefficient (Wildman–Crippen LogP) is 5.29. The molecule has 1 aliphatic heterocycles. The standard InChI is InChI=1S/C22H28N2/c1-4-24-21-8-6-5-7-19(21)20-12-18(9-10-22(20)24)15-23-13-16(2)11-17(3)14-23/h5-10,12,16-17H,4,11,13-15H2,1-3H3/t16-,17-/m1/s1. The average molecular weight is 320 g/mol. The molecule has 0 amide bonds. The van der Waals surface area contributed by atoms with Crippen LogP contribution in [0, 0.1) is 11.8 Å². The first kappa shape index (κ1) is 15.7. The molecule has 0 unspecified atom stereocenters. The van der Waals surface area contributed by atoms with Gasteiger partial charge in [0.15, 0.2) is 0 Å². The van der Waals surface area contributed by atoms with E-state index in [4.69, 9.17) is 0 Å². The van der Waals surface area contributed by atoms with Gasteiger partial charge >= 0.3 is 0 Å². The van der Waals surface area contributed by atoms with E-state index in [-0.39, 0.29) is 0 Å². The second kappa shape index (κ2) is 6.25. The number of piperidine rings is 1. The highest BCUT2D eigenvalue weighted by Crippen LogP contribution is 2.30. The zero-order valence-corrected chi connectivity index (χ0v) is 15.1. The fourth-order valence-corrected chi connectivity index (χ4v) is 4.72. The first-order valence-corrected chi connectivity index (χ1v) is 9.38. The van der Waals surface area contributed by atoms with E-state index >= 15 is 0 Å². The molecule has 0 radical (unpaired) electrons. The van der Waals surface area contributed by atoms with Crippen molar-refractivity contribution in [1.82, 2.24) is 9.47 Å². The van der Waals surface area contributed by atoms with Crippen LogP contribution in [0.1, 0.15) is 32.8 Å². The molecule has 2 atom stereocenters. The monoisotopic (exact) mass is 320 g/mol. The molecule has 1 saturated heterocycles. The Kier molecular flexibility index (Phi) is 4.09. The summed E-state index contributed by atoms with van der Waals surface area (Å²) in [4.78, 5) is 2.64. The highest BCUT2D eigenvalue weighted by Gasteiger charge is 2.22. The van der Waals surface area contributed by atoms with Gasteiger partial charge in [-0.1, -0.05) is 38.1 Å². The second-order valence-electron chi connectivity index (χ2n) is 7.75. The van der Waals surface area contributed by atoms with Crippen molar-refractivity contribution in [2.45, 2.75) is 40.3 Å². The van der Waals surface area contributed by atoms with E-state index in [9.17, 15) is 0 Å². The number of rotatable bonds is 3. The van der Waals surface area contributed by atoms with Crippen molar-refractivity contribution in [3.63, 3.8) is 0 Å². The molecule has 0 N–H and O–H groups in total. The number of hydrogen-bond donors (Lipinski definition) is 0. The molecule has 1 aromatic heterocycles. The first-order valence-electron chi connectivity index (χ1n) is 9.38. The summed E-state index contributed by atoms with van der Waals surface area (Å²) in [6.45, 7) is 11.6. The predicted molar refractivity (Wildman–Crippen MR) is 103 cm³/mol. The summed E-state index contributed by atoms with van der Waals surface area (Å²) in [5.74, 6) is 1.64. The van der Waals surface area contributed by atoms with Gasteiger partial charge in [0.25, 0.3) is 0 Å². The molecule has 1 aliphatic rings. The van der Waals surface area contributed by atoms with E-state index in [0.717, 1.165) is 24.9 Å². The van der Waals surface area contributed by atoms with Crippen molar-refractivity contribution in [1.29, 1.82) is 0 Å². The van der Waals surface area contributed by atoms with Crippen LogP contribution in [0.3, 0.4) is 0 Å². The number of aromatic nitrogens is 1. The lowest BCUT2D eigenvalue weighted by atomic mass is 9.91. The van der Waals surface area contributed by atoms with Crippen molar-refractivity contribution in [3.05, 3.63) is 48.0 Å². The molecular weight excluding hydrogens is 292 g/mol. The SMILES string of the molecule is CCn1c2ccccc2c2cc(CN3C[C@H](C)C[C@@H](C)C3)ccc21. The molecule has 2 aromatic carbocycles. The minimum atomic E-state index is 0.819. The lowest BCUT2D eigenvalue weighted by molar-refractivity contribution is 0.134. The summed E-state index contributed by atoms with van der Waals surface area (Å²) in [6.07, 6.45) is 1.37. The van der Waals surface area contributed by atoms with Crippen molar-refractivity contribution in [2.75, 3.05) is 13.1 Å². The Morgan fingerprint density at radius 1 is 0.917 bits per heavy atom. The number of fused-ring (bicyclic) bond motifs is 3. The third kappa shape index (κ3) is 2.73. The molecule has 2 heterocycles. The van der Waals surface area contributed by atoms with Gasteiger partial charge in [0.1, 0.15) is 0 Å². The van der Waals surface area contributed by atoms with Crippen molar-refractivity contribution in [2.24, 2.45) is 11.8 Å². The minimum Gasteiger partial charge on any atom is -0.341 e. The van der Waals surface area contributed by atoms with Gasteiger partial charge in [-0.3, -0.25) is 4.90 Å². The normalized spacial score (nSPS) is 22.5. The molecule has 0 saturated carbocycles. The Morgan fingerprint density at radius 3 is 2.38 bits per heavy atom. The van der Waals surface area contributed by atoms with Gasteiger partial charge < -0.3 is 4.57 Å². The highest BCUT2D eigenvalue weighted by molar-refractivity contribution is 6.08. The lowest BCUT2D eigenvalue weighted by Crippen LogP contribution is -2.38. The number of benzene rings is 2. The van der Waals surface area contributed by atoms with Gasteiger partial charge in [-0.05, 0) is 48.9 Å². The van der Waals surface area contributed by atoms with Crippen LogP contribution in [-0.4, -0.2) is 22.6 Å². The fourth-order valence-electron chi connectivity index (χ4n) is 4.72. The quantitative estimate of drug-likeness (QED) is 0.636. The number of nitrogens with zero attached hydrogens (tertiary/aromatic N) is 2. The summed E-state index contributed by atoms with van der Waals surface area (Å²) in [5, 5.41) is 2.79. The summed E-state index contributed by atoms with van der Waals surface area (Å²) < 4.78 is 2.43. The van der Waals surface area contributed by atoms with E-state index in [1.165, 1.54) is 46.9 Å². The Balaban J connectivity index is 1.72. The van der Waals surface area contributed by atoms with Gasteiger partial charge in [-0.25, -0.2) is 0 Å². The van der Waals surface area contributed by atoms with Crippen LogP contribution < -0.4 is 0 Å². The van der Waals surface area contributed by atoms with Crippen LogP contribution in [0.2, 0.25) is 0 Å². The minimum absolute atomic E-state index is 0.819. The van der Waals surface area contributed by atoms with E-state index in [1.807, 2.05) is 0 Å². The molecule has 4 rings (SSSR count). The molecule has 0 bridgehead atoms. The van der Waals surface area contributed by atoms with Crippen LogP contribution in [0.25, 0.3) is 21.8 Å². The number of para-hydroxylation sites is 1. The van der Waals surface area contributed by atoms with Crippen LogP contribution in [-0.2, 0) is 13.1 Å². The van der Waals surface area contributed by atoms with Gasteiger partial charge in [0.2, 0.25) is 0 Å². The summed E-state index contributed by atoms with van der Waals surface area (Å²) in [7, 11) is 0. The van der Waals surface area contributed by atoms with Crippen molar-refractivity contribution < 1.29 is 0 Å². The molecule has 0 aliphatic carbocycles. The van der Waals surface area contributed by atoms with E-state index in [2.05, 4.69) is 72.7 Å². The molecule has 1 fully saturated rings. The van der Waals surface area contributed by atoms with Gasteiger partial charge in [-0.2, -0.15) is 0 Å². The van der Waals surface area contributed by atoms with E-state index < -0.39 is 0 Å². The van der Waals surface area contributed by atoms with E-state index in [1.54, 1.807) is 0 Å². The summed E-state index contributed by atoms with van der Waals surface area (Å²) in [6, 6.07) is 15.9. The largest absolute Gasteiger partial charge is 0.341 e. The van der Waals surface area contributed by atoms with Gasteiger partial charge in [0, 0.05) is 48.0 Å². The van der Waals surface area contributed by atoms with Crippen molar-refractivity contribution in [3.8, 4) is 0 Å². The molecule has 126 valence electrons. The maximum absolute atomic E-state index is 2.64. The Bertz CT molecular complexity index is 851. The van der Waals surface area contributed by atoms with Gasteiger partial charge in [0.05, 0.1) is 0 Å². The van der Waals surface area contributed by atoms with Crippen LogP contribution in [0.4, 0.5) is 0 Å². The maximum Gasteiger partial charge on any atom is 0.0491 e. The molecule has 2 heteroatoms. The topological polar surface area (TPSA) is 8.17 Å². The van der Waals surface area contributed by atoms with E-state index in [0.29, 0.717) is 0 Å². The molecule has 3 aromatic rings. The van der Waals surface area contributed by atoms with Crippen molar-refractivity contribution >= 4 is 21.8 Å². The average Bonchev–Trinajstić information content (AvgIpc) is 2.87. The smallest absolute Gasteiger partial charge is 0.0491 e. The lowest BCUT2D eigenvalue weighted by Gasteiger charge is -2.35. The summed E-state index contributed by atoms with van der Waals surface area (Å²) in [5.41, 5.74) is 4.16. The highest BCUT2D eigenvalue weighted by atomic mass is 15.1. The Hall–Kier alpha value is -1.80. The number of aryl methyl sites for hydroxylation is 1. The molecule has 24 heavy (non-hydrogen) atoms. The van der Waals surface area contributed by atoms with Gasteiger partial charge in [-0.15, -0.1) is 0 Å². The molecule has 0 spiro atoms. The zero-order valence-electron chi connectivity index (χ0n) is 15.1. The number of likely N-dealkylation sites (tertiary alicyclic amines) is 1. The maximum atomic E-state index is 2.64. The summed E-state index contributed by atoms with van der Waals surface area (Å²) >= 11 is 0.